The van der Waals surface area contributed by atoms with Gasteiger partial charge in [0.1, 0.15) is 5.75 Å². The molecule has 3 aromatic carbocycles. The third-order valence-electron chi connectivity index (χ3n) is 4.26. The molecule has 0 aliphatic heterocycles. The number of nitrogens with zero attached hydrogens (tertiary/aromatic N) is 2. The maximum Gasteiger partial charge on any atom is 0.169 e. The van der Waals surface area contributed by atoms with E-state index in [1.165, 1.54) is 5.56 Å². The Morgan fingerprint density at radius 1 is 0.893 bits per heavy atom. The van der Waals surface area contributed by atoms with E-state index in [-0.39, 0.29) is 0 Å². The summed E-state index contributed by atoms with van der Waals surface area (Å²) in [5, 5.41) is 2.36. The van der Waals surface area contributed by atoms with Gasteiger partial charge in [0.2, 0.25) is 0 Å². The Morgan fingerprint density at radius 3 is 2.43 bits per heavy atom. The van der Waals surface area contributed by atoms with Crippen LogP contribution in [0.1, 0.15) is 5.56 Å². The lowest BCUT2D eigenvalue weighted by atomic mass is 10.2. The zero-order valence-electron chi connectivity index (χ0n) is 15.0. The van der Waals surface area contributed by atoms with Gasteiger partial charge in [0, 0.05) is 15.8 Å². The molecule has 4 aromatic rings. The van der Waals surface area contributed by atoms with E-state index in [2.05, 4.69) is 28.8 Å². The maximum atomic E-state index is 6.16. The fraction of sp³-hybridized carbons (Fsp3) is 0.136. The quantitative estimate of drug-likeness (QED) is 0.246. The van der Waals surface area contributed by atoms with Crippen LogP contribution >= 0.6 is 35.0 Å². The molecular formula is C22H18Cl2N2OS. The molecule has 4 rings (SSSR count). The molecule has 1 heterocycles. The van der Waals surface area contributed by atoms with E-state index in [1.807, 2.05) is 48.5 Å². The normalized spacial score (nSPS) is 11.1. The molecule has 0 saturated carbocycles. The van der Waals surface area contributed by atoms with Gasteiger partial charge < -0.3 is 9.30 Å². The van der Waals surface area contributed by atoms with E-state index in [1.54, 1.807) is 11.8 Å². The molecule has 6 heteroatoms. The van der Waals surface area contributed by atoms with Gasteiger partial charge in [-0.05, 0) is 48.0 Å². The largest absolute Gasteiger partial charge is 0.493 e. The summed E-state index contributed by atoms with van der Waals surface area (Å²) in [5.74, 6) is 1.60. The second kappa shape index (κ2) is 8.91. The van der Waals surface area contributed by atoms with E-state index >= 15 is 0 Å². The number of aromatic nitrogens is 2. The third kappa shape index (κ3) is 4.64. The number of ether oxygens (including phenoxy) is 1. The van der Waals surface area contributed by atoms with Crippen LogP contribution < -0.4 is 4.74 Å². The maximum absolute atomic E-state index is 6.16. The molecule has 0 atom stereocenters. The first-order chi connectivity index (χ1) is 13.7. The summed E-state index contributed by atoms with van der Waals surface area (Å²) in [7, 11) is 0. The van der Waals surface area contributed by atoms with Crippen molar-refractivity contribution in [2.75, 3.05) is 12.4 Å². The molecule has 0 aliphatic carbocycles. The molecule has 3 nitrogen and oxygen atoms in total. The number of fused-ring (bicyclic) bond motifs is 1. The van der Waals surface area contributed by atoms with Crippen LogP contribution in [0.3, 0.4) is 0 Å². The van der Waals surface area contributed by atoms with Gasteiger partial charge >= 0.3 is 0 Å². The van der Waals surface area contributed by atoms with Gasteiger partial charge in [0.25, 0.3) is 0 Å². The summed E-state index contributed by atoms with van der Waals surface area (Å²) in [6.45, 7) is 1.35. The first-order valence-electron chi connectivity index (χ1n) is 8.90. The lowest BCUT2D eigenvalue weighted by molar-refractivity contribution is 0.344. The van der Waals surface area contributed by atoms with Crippen LogP contribution in [-0.2, 0) is 6.54 Å². The molecule has 0 spiro atoms. The molecule has 0 radical (unpaired) electrons. The summed E-state index contributed by atoms with van der Waals surface area (Å²) in [6.07, 6.45) is 0. The van der Waals surface area contributed by atoms with E-state index < -0.39 is 0 Å². The predicted molar refractivity (Wildman–Crippen MR) is 118 cm³/mol. The summed E-state index contributed by atoms with van der Waals surface area (Å²) in [4.78, 5) is 4.79. The molecule has 0 unspecified atom stereocenters. The van der Waals surface area contributed by atoms with Crippen LogP contribution in [0.15, 0.2) is 78.0 Å². The molecule has 0 saturated heterocycles. The number of hydrogen-bond donors (Lipinski definition) is 0. The highest BCUT2D eigenvalue weighted by molar-refractivity contribution is 7.99. The van der Waals surface area contributed by atoms with Crippen LogP contribution in [0.5, 0.6) is 5.75 Å². The fourth-order valence-electron chi connectivity index (χ4n) is 2.93. The van der Waals surface area contributed by atoms with Crippen molar-refractivity contribution in [2.24, 2.45) is 0 Å². The Balaban J connectivity index is 1.50. The fourth-order valence-corrected chi connectivity index (χ4v) is 4.06. The van der Waals surface area contributed by atoms with Gasteiger partial charge in [-0.1, -0.05) is 65.3 Å². The number of benzene rings is 3. The number of thioether (sulfide) groups is 1. The number of imidazole rings is 1. The lowest BCUT2D eigenvalue weighted by Gasteiger charge is -2.10. The Morgan fingerprint density at radius 2 is 1.64 bits per heavy atom. The van der Waals surface area contributed by atoms with Crippen molar-refractivity contribution in [1.29, 1.82) is 0 Å². The number of halogens is 2. The van der Waals surface area contributed by atoms with Gasteiger partial charge in [-0.3, -0.25) is 0 Å². The first kappa shape index (κ1) is 19.2. The number of hydrogen-bond acceptors (Lipinski definition) is 3. The average molecular weight is 429 g/mol. The minimum atomic E-state index is 0.585. The molecule has 0 bridgehead atoms. The summed E-state index contributed by atoms with van der Waals surface area (Å²) >= 11 is 13.7. The third-order valence-corrected chi connectivity index (χ3v) is 5.68. The van der Waals surface area contributed by atoms with Crippen LogP contribution in [-0.4, -0.2) is 21.9 Å². The zero-order valence-corrected chi connectivity index (χ0v) is 17.3. The van der Waals surface area contributed by atoms with Crippen LogP contribution in [0.25, 0.3) is 11.0 Å². The Kier molecular flexibility index (Phi) is 6.10. The van der Waals surface area contributed by atoms with Gasteiger partial charge in [-0.25, -0.2) is 4.98 Å². The highest BCUT2D eigenvalue weighted by Crippen LogP contribution is 2.27. The number of rotatable bonds is 7. The van der Waals surface area contributed by atoms with Crippen molar-refractivity contribution in [2.45, 2.75) is 11.7 Å². The van der Waals surface area contributed by atoms with Crippen molar-refractivity contribution >= 4 is 46.0 Å². The minimum Gasteiger partial charge on any atom is -0.493 e. The standard InChI is InChI=1S/C22H18Cl2N2OS/c23-17-6-9-19(10-7-17)27-12-13-28-22-25-20-14-18(24)8-11-21(20)26(22)15-16-4-2-1-3-5-16/h1-11,14H,12-13,15H2. The molecule has 0 aliphatic rings. The van der Waals surface area contributed by atoms with Gasteiger partial charge in [0.15, 0.2) is 5.16 Å². The van der Waals surface area contributed by atoms with Crippen molar-refractivity contribution in [3.63, 3.8) is 0 Å². The molecule has 0 fully saturated rings. The average Bonchev–Trinajstić information content (AvgIpc) is 3.04. The smallest absolute Gasteiger partial charge is 0.169 e. The summed E-state index contributed by atoms with van der Waals surface area (Å²) in [6, 6.07) is 23.6. The topological polar surface area (TPSA) is 27.1 Å². The van der Waals surface area contributed by atoms with Gasteiger partial charge in [-0.15, -0.1) is 0 Å². The van der Waals surface area contributed by atoms with E-state index in [9.17, 15) is 0 Å². The highest BCUT2D eigenvalue weighted by atomic mass is 35.5. The lowest BCUT2D eigenvalue weighted by Crippen LogP contribution is -2.04. The Hall–Kier alpha value is -2.14. The van der Waals surface area contributed by atoms with Gasteiger partial charge in [0.05, 0.1) is 24.2 Å². The summed E-state index contributed by atoms with van der Waals surface area (Å²) < 4.78 is 8.03. The van der Waals surface area contributed by atoms with Crippen molar-refractivity contribution in [3.8, 4) is 5.75 Å². The van der Waals surface area contributed by atoms with Crippen molar-refractivity contribution in [1.82, 2.24) is 9.55 Å². The van der Waals surface area contributed by atoms with E-state index in [0.29, 0.717) is 16.7 Å². The molecule has 0 N–H and O–H groups in total. The second-order valence-corrected chi connectivity index (χ2v) is 8.18. The SMILES string of the molecule is Clc1ccc(OCCSc2nc3cc(Cl)ccc3n2Cc2ccccc2)cc1. The van der Waals surface area contributed by atoms with Crippen LogP contribution in [0.4, 0.5) is 0 Å². The van der Waals surface area contributed by atoms with Gasteiger partial charge in [-0.2, -0.15) is 0 Å². The summed E-state index contributed by atoms with van der Waals surface area (Å²) in [5.41, 5.74) is 3.22. The van der Waals surface area contributed by atoms with Crippen molar-refractivity contribution in [3.05, 3.63) is 88.4 Å². The van der Waals surface area contributed by atoms with E-state index in [4.69, 9.17) is 32.9 Å². The molecule has 28 heavy (non-hydrogen) atoms. The molecular weight excluding hydrogens is 411 g/mol. The van der Waals surface area contributed by atoms with Crippen LogP contribution in [0, 0.1) is 0 Å². The predicted octanol–water partition coefficient (Wildman–Crippen LogP) is 6.56. The van der Waals surface area contributed by atoms with Crippen molar-refractivity contribution < 1.29 is 4.74 Å². The monoisotopic (exact) mass is 428 g/mol. The molecule has 1 aromatic heterocycles. The Bertz CT molecular complexity index is 1070. The van der Waals surface area contributed by atoms with E-state index in [0.717, 1.165) is 34.2 Å². The van der Waals surface area contributed by atoms with Crippen LogP contribution in [0.2, 0.25) is 10.0 Å². The molecule has 142 valence electrons. The Labute approximate surface area is 178 Å². The highest BCUT2D eigenvalue weighted by Gasteiger charge is 2.12. The zero-order chi connectivity index (χ0) is 19.3. The second-order valence-electron chi connectivity index (χ2n) is 6.25. The molecule has 0 amide bonds. The minimum absolute atomic E-state index is 0.585. The first-order valence-corrected chi connectivity index (χ1v) is 10.6.